The van der Waals surface area contributed by atoms with Crippen molar-refractivity contribution in [3.05, 3.63) is 0 Å². The Bertz CT molecular complexity index is 414. The van der Waals surface area contributed by atoms with Crippen LogP contribution >= 0.6 is 0 Å². The Labute approximate surface area is 108 Å². The molecule has 0 aromatic rings. The summed E-state index contributed by atoms with van der Waals surface area (Å²) in [6.07, 6.45) is 3.14. The lowest BCUT2D eigenvalue weighted by molar-refractivity contribution is -0.131. The molecule has 1 saturated carbocycles. The molecule has 18 heavy (non-hydrogen) atoms. The summed E-state index contributed by atoms with van der Waals surface area (Å²) in [4.78, 5) is 13.7. The van der Waals surface area contributed by atoms with E-state index >= 15 is 0 Å². The van der Waals surface area contributed by atoms with Crippen LogP contribution in [0.5, 0.6) is 0 Å². The molecule has 1 N–H and O–H groups in total. The second-order valence-electron chi connectivity index (χ2n) is 5.56. The molecule has 1 aliphatic carbocycles. The fraction of sp³-hybridized carbons (Fsp3) is 0.917. The molecule has 0 spiro atoms. The average molecular weight is 275 g/mol. The minimum absolute atomic E-state index is 0.138. The zero-order valence-electron chi connectivity index (χ0n) is 10.7. The highest BCUT2D eigenvalue weighted by molar-refractivity contribution is 7.92. The van der Waals surface area contributed by atoms with Gasteiger partial charge in [0, 0.05) is 13.6 Å². The van der Waals surface area contributed by atoms with Crippen LogP contribution in [-0.2, 0) is 14.6 Å². The summed E-state index contributed by atoms with van der Waals surface area (Å²) in [5, 5.41) is 8.37. The summed E-state index contributed by atoms with van der Waals surface area (Å²) >= 11 is 0. The van der Waals surface area contributed by atoms with Crippen molar-refractivity contribution in [2.24, 2.45) is 5.92 Å². The molecule has 2 rings (SSSR count). The highest BCUT2D eigenvalue weighted by Crippen LogP contribution is 2.28. The third-order valence-corrected chi connectivity index (χ3v) is 6.14. The second-order valence-corrected chi connectivity index (χ2v) is 7.86. The minimum Gasteiger partial charge on any atom is -0.393 e. The average Bonchev–Trinajstić information content (AvgIpc) is 2.25. The number of nitrogens with zero attached hydrogens (tertiary/aromatic N) is 1. The van der Waals surface area contributed by atoms with Gasteiger partial charge in [-0.2, -0.15) is 0 Å². The van der Waals surface area contributed by atoms with E-state index in [9.17, 15) is 18.3 Å². The molecule has 0 aromatic heterocycles. The van der Waals surface area contributed by atoms with E-state index in [4.69, 9.17) is 0 Å². The summed E-state index contributed by atoms with van der Waals surface area (Å²) in [6, 6.07) is 0. The van der Waals surface area contributed by atoms with Crippen LogP contribution in [0.1, 0.15) is 32.1 Å². The molecule has 1 unspecified atom stereocenters. The Morgan fingerprint density at radius 1 is 1.33 bits per heavy atom. The van der Waals surface area contributed by atoms with Gasteiger partial charge in [0.2, 0.25) is 5.91 Å². The van der Waals surface area contributed by atoms with Gasteiger partial charge in [-0.05, 0) is 31.6 Å². The third kappa shape index (κ3) is 2.85. The second kappa shape index (κ2) is 5.17. The van der Waals surface area contributed by atoms with Gasteiger partial charge in [-0.15, -0.1) is 0 Å². The van der Waals surface area contributed by atoms with E-state index in [0.717, 1.165) is 19.3 Å². The van der Waals surface area contributed by atoms with Gasteiger partial charge in [-0.1, -0.05) is 6.42 Å². The van der Waals surface area contributed by atoms with E-state index in [1.54, 1.807) is 7.05 Å². The van der Waals surface area contributed by atoms with E-state index in [1.165, 1.54) is 4.90 Å². The molecule has 0 bridgehead atoms. The van der Waals surface area contributed by atoms with Crippen molar-refractivity contribution in [1.29, 1.82) is 0 Å². The topological polar surface area (TPSA) is 74.7 Å². The number of aliphatic hydroxyl groups is 1. The van der Waals surface area contributed by atoms with Crippen molar-refractivity contribution < 1.29 is 18.3 Å². The monoisotopic (exact) mass is 275 g/mol. The molecule has 0 aromatic carbocycles. The smallest absolute Gasteiger partial charge is 0.240 e. The van der Waals surface area contributed by atoms with Crippen LogP contribution in [0.15, 0.2) is 0 Å². The number of hydrogen-bond acceptors (Lipinski definition) is 4. The lowest BCUT2D eigenvalue weighted by Crippen LogP contribution is -2.47. The van der Waals surface area contributed by atoms with Crippen molar-refractivity contribution in [3.8, 4) is 0 Å². The molecule has 1 aliphatic heterocycles. The first-order valence-electron chi connectivity index (χ1n) is 6.55. The number of aliphatic hydroxyl groups excluding tert-OH is 1. The lowest BCUT2D eigenvalue weighted by atomic mass is 9.82. The highest BCUT2D eigenvalue weighted by Gasteiger charge is 2.38. The molecular weight excluding hydrogens is 254 g/mol. The highest BCUT2D eigenvalue weighted by atomic mass is 32.2. The van der Waals surface area contributed by atoms with Crippen molar-refractivity contribution >= 4 is 15.7 Å². The largest absolute Gasteiger partial charge is 0.393 e. The number of carbonyl (C=O) groups excluding carboxylic acids is 1. The Morgan fingerprint density at radius 3 is 2.56 bits per heavy atom. The Balaban J connectivity index is 1.93. The fourth-order valence-corrected chi connectivity index (χ4v) is 4.71. The van der Waals surface area contributed by atoms with Crippen LogP contribution < -0.4 is 0 Å². The van der Waals surface area contributed by atoms with E-state index < -0.39 is 15.1 Å². The molecule has 104 valence electrons. The first-order chi connectivity index (χ1) is 8.40. The summed E-state index contributed by atoms with van der Waals surface area (Å²) in [6.45, 7) is 0.557. The van der Waals surface area contributed by atoms with Crippen LogP contribution in [-0.4, -0.2) is 55.0 Å². The standard InChI is InChI=1S/C12H21NO4S/c1-13(8-9-6-10(14)7-9)12(15)11-4-2-3-5-18(11,16)17/h9-11,14H,2-8H2,1H3. The van der Waals surface area contributed by atoms with Gasteiger partial charge in [0.25, 0.3) is 0 Å². The van der Waals surface area contributed by atoms with Gasteiger partial charge in [0.05, 0.1) is 11.9 Å². The molecular formula is C12H21NO4S. The van der Waals surface area contributed by atoms with E-state index in [0.29, 0.717) is 25.3 Å². The maximum Gasteiger partial charge on any atom is 0.240 e. The van der Waals surface area contributed by atoms with Crippen LogP contribution in [0.25, 0.3) is 0 Å². The first-order valence-corrected chi connectivity index (χ1v) is 8.26. The molecule has 1 atom stereocenters. The molecule has 5 nitrogen and oxygen atoms in total. The quantitative estimate of drug-likeness (QED) is 0.797. The van der Waals surface area contributed by atoms with Crippen LogP contribution in [0, 0.1) is 5.92 Å². The van der Waals surface area contributed by atoms with Crippen molar-refractivity contribution in [1.82, 2.24) is 4.90 Å². The number of hydrogen-bond donors (Lipinski definition) is 1. The maximum atomic E-state index is 12.2. The zero-order valence-corrected chi connectivity index (χ0v) is 11.5. The predicted molar refractivity (Wildman–Crippen MR) is 67.8 cm³/mol. The van der Waals surface area contributed by atoms with Crippen LogP contribution in [0.2, 0.25) is 0 Å². The molecule has 0 radical (unpaired) electrons. The van der Waals surface area contributed by atoms with Gasteiger partial charge >= 0.3 is 0 Å². The van der Waals surface area contributed by atoms with Crippen molar-refractivity contribution in [3.63, 3.8) is 0 Å². The van der Waals surface area contributed by atoms with Gasteiger partial charge < -0.3 is 10.0 Å². The minimum atomic E-state index is -3.24. The Kier molecular flexibility index (Phi) is 3.96. The Hall–Kier alpha value is -0.620. The normalized spacial score (nSPS) is 34.7. The van der Waals surface area contributed by atoms with E-state index in [1.807, 2.05) is 0 Å². The summed E-state index contributed by atoms with van der Waals surface area (Å²) in [7, 11) is -1.58. The van der Waals surface area contributed by atoms with E-state index in [-0.39, 0.29) is 17.8 Å². The summed E-state index contributed by atoms with van der Waals surface area (Å²) < 4.78 is 23.7. The maximum absolute atomic E-state index is 12.2. The lowest BCUT2D eigenvalue weighted by Gasteiger charge is -2.35. The van der Waals surface area contributed by atoms with Gasteiger partial charge in [0.1, 0.15) is 5.25 Å². The molecule has 1 saturated heterocycles. The van der Waals surface area contributed by atoms with Crippen LogP contribution in [0.4, 0.5) is 0 Å². The van der Waals surface area contributed by atoms with E-state index in [2.05, 4.69) is 0 Å². The molecule has 1 amide bonds. The molecule has 2 fully saturated rings. The first kappa shape index (κ1) is 13.8. The SMILES string of the molecule is CN(CC1CC(O)C1)C(=O)C1CCCCS1(=O)=O. The Morgan fingerprint density at radius 2 is 2.00 bits per heavy atom. The molecule has 1 heterocycles. The predicted octanol–water partition coefficient (Wildman–Crippen LogP) is 0.183. The van der Waals surface area contributed by atoms with Gasteiger partial charge in [-0.3, -0.25) is 4.79 Å². The third-order valence-electron chi connectivity index (χ3n) is 3.97. The van der Waals surface area contributed by atoms with Crippen molar-refractivity contribution in [2.75, 3.05) is 19.3 Å². The summed E-state index contributed by atoms with van der Waals surface area (Å²) in [5.41, 5.74) is 0. The molecule has 6 heteroatoms. The van der Waals surface area contributed by atoms with Gasteiger partial charge in [-0.25, -0.2) is 8.42 Å². The number of sulfone groups is 1. The number of carbonyl (C=O) groups is 1. The van der Waals surface area contributed by atoms with Crippen molar-refractivity contribution in [2.45, 2.75) is 43.5 Å². The fourth-order valence-electron chi connectivity index (χ4n) is 2.80. The number of rotatable bonds is 3. The van der Waals surface area contributed by atoms with Crippen LogP contribution in [0.3, 0.4) is 0 Å². The van der Waals surface area contributed by atoms with Gasteiger partial charge in [0.15, 0.2) is 9.84 Å². The zero-order chi connectivity index (χ0) is 13.3. The summed E-state index contributed by atoms with van der Waals surface area (Å²) in [5.74, 6) is 0.190. The number of amides is 1. The molecule has 2 aliphatic rings.